The average Bonchev–Trinajstić information content (AvgIpc) is 3.07. The van der Waals surface area contributed by atoms with Gasteiger partial charge in [-0.3, -0.25) is 4.98 Å². The molecule has 0 unspecified atom stereocenters. The molecule has 0 fully saturated rings. The number of rotatable bonds is 4. The van der Waals surface area contributed by atoms with Crippen molar-refractivity contribution in [1.29, 1.82) is 0 Å². The van der Waals surface area contributed by atoms with Gasteiger partial charge in [-0.25, -0.2) is 9.67 Å². The van der Waals surface area contributed by atoms with Crippen LogP contribution in [0.25, 0.3) is 22.2 Å². The molecule has 0 aliphatic heterocycles. The molecule has 3 aromatic rings. The highest BCUT2D eigenvalue weighted by Gasteiger charge is 2.21. The quantitative estimate of drug-likeness (QED) is 0.529. The van der Waals surface area contributed by atoms with Gasteiger partial charge in [-0.15, -0.1) is 5.54 Å². The van der Waals surface area contributed by atoms with Crippen molar-refractivity contribution in [3.63, 3.8) is 0 Å². The Kier molecular flexibility index (Phi) is 5.68. The van der Waals surface area contributed by atoms with Gasteiger partial charge in [0, 0.05) is 46.6 Å². The van der Waals surface area contributed by atoms with E-state index in [1.807, 2.05) is 17.1 Å². The van der Waals surface area contributed by atoms with E-state index in [-0.39, 0.29) is 12.5 Å². The van der Waals surface area contributed by atoms with E-state index in [1.165, 1.54) is 0 Å². The molecule has 3 aromatic heterocycles. The zero-order valence-corrected chi connectivity index (χ0v) is 18.5. The van der Waals surface area contributed by atoms with Crippen LogP contribution in [-0.2, 0) is 13.2 Å². The highest BCUT2D eigenvalue weighted by Crippen LogP contribution is 2.35. The largest absolute Gasteiger partial charge is 0.392 e. The summed E-state index contributed by atoms with van der Waals surface area (Å²) in [5, 5.41) is 15.6. The Morgan fingerprint density at radius 2 is 1.93 bits per heavy atom. The summed E-state index contributed by atoms with van der Waals surface area (Å²) in [5.74, 6) is 3.47. The van der Waals surface area contributed by atoms with E-state index in [9.17, 15) is 5.11 Å². The lowest BCUT2D eigenvalue weighted by atomic mass is 9.93. The molecule has 0 saturated carbocycles. The topological polar surface area (TPSA) is 63.8 Å². The normalized spacial score (nSPS) is 11.7. The van der Waals surface area contributed by atoms with Crippen LogP contribution in [0, 0.1) is 11.5 Å². The molecule has 5 nitrogen and oxygen atoms in total. The zero-order valence-electron chi connectivity index (χ0n) is 17.5. The van der Waals surface area contributed by atoms with Gasteiger partial charge in [-0.2, -0.15) is 5.10 Å². The summed E-state index contributed by atoms with van der Waals surface area (Å²) in [5.41, 5.74) is 8.78. The van der Waals surface area contributed by atoms with Gasteiger partial charge < -0.3 is 5.11 Å². The number of fused-ring (bicyclic) bond motifs is 1. The number of aliphatic hydroxyl groups is 1. The summed E-state index contributed by atoms with van der Waals surface area (Å²) in [6, 6.07) is 2.06. The van der Waals surface area contributed by atoms with Crippen molar-refractivity contribution in [3.05, 3.63) is 41.5 Å². The molecule has 0 aliphatic carbocycles. The summed E-state index contributed by atoms with van der Waals surface area (Å²) in [4.78, 5) is 9.28. The van der Waals surface area contributed by atoms with Crippen LogP contribution >= 0.6 is 0 Å². The Labute approximate surface area is 167 Å². The third-order valence-electron chi connectivity index (χ3n) is 4.53. The molecular formula is C22H28N4OSi. The third kappa shape index (κ3) is 4.01. The van der Waals surface area contributed by atoms with Gasteiger partial charge in [0.1, 0.15) is 8.07 Å². The third-order valence-corrected chi connectivity index (χ3v) is 5.41. The Morgan fingerprint density at radius 1 is 1.18 bits per heavy atom. The van der Waals surface area contributed by atoms with Crippen molar-refractivity contribution in [2.24, 2.45) is 0 Å². The van der Waals surface area contributed by atoms with Gasteiger partial charge in [-0.05, 0) is 18.9 Å². The van der Waals surface area contributed by atoms with E-state index in [0.29, 0.717) is 0 Å². The van der Waals surface area contributed by atoms with E-state index < -0.39 is 8.07 Å². The number of hydrogen-bond donors (Lipinski definition) is 1. The van der Waals surface area contributed by atoms with E-state index in [1.54, 1.807) is 6.20 Å². The number of pyridine rings is 2. The van der Waals surface area contributed by atoms with Crippen molar-refractivity contribution >= 4 is 19.1 Å². The molecule has 0 bridgehead atoms. The molecule has 146 valence electrons. The molecule has 3 heterocycles. The van der Waals surface area contributed by atoms with Crippen LogP contribution in [-0.4, -0.2) is 32.9 Å². The van der Waals surface area contributed by atoms with Crippen LogP contribution in [0.2, 0.25) is 19.6 Å². The van der Waals surface area contributed by atoms with Gasteiger partial charge in [0.2, 0.25) is 0 Å². The molecule has 0 aliphatic rings. The first-order valence-corrected chi connectivity index (χ1v) is 13.2. The fraction of sp³-hybridized carbons (Fsp3) is 0.409. The average molecular weight is 393 g/mol. The van der Waals surface area contributed by atoms with Crippen molar-refractivity contribution in [2.75, 3.05) is 0 Å². The summed E-state index contributed by atoms with van der Waals surface area (Å²) in [6.07, 6.45) is 5.47. The smallest absolute Gasteiger partial charge is 0.158 e. The molecule has 28 heavy (non-hydrogen) atoms. The monoisotopic (exact) mass is 392 g/mol. The number of aliphatic hydroxyl groups excluding tert-OH is 1. The standard InChI is InChI=1S/C22H28N4OSi/c1-7-26-22-18(13-24-26)20(19(14-27)21(25-22)15(2)3)17-10-16(11-23-12-17)8-9-28(4,5)6/h10-13,15,27H,7,14H2,1-6H3. The first kappa shape index (κ1) is 20.2. The minimum Gasteiger partial charge on any atom is -0.392 e. The zero-order chi connectivity index (χ0) is 20.5. The number of nitrogens with zero attached hydrogens (tertiary/aromatic N) is 4. The van der Waals surface area contributed by atoms with Crippen LogP contribution in [0.3, 0.4) is 0 Å². The van der Waals surface area contributed by atoms with Crippen LogP contribution < -0.4 is 0 Å². The SMILES string of the molecule is CCn1ncc2c(-c3cncc(C#C[Si](C)(C)C)c3)c(CO)c(C(C)C)nc21. The van der Waals surface area contributed by atoms with Crippen molar-refractivity contribution in [3.8, 4) is 22.6 Å². The number of hydrogen-bond acceptors (Lipinski definition) is 4. The van der Waals surface area contributed by atoms with E-state index in [4.69, 9.17) is 4.98 Å². The lowest BCUT2D eigenvalue weighted by Gasteiger charge is -2.17. The van der Waals surface area contributed by atoms with Gasteiger partial charge >= 0.3 is 0 Å². The number of aromatic nitrogens is 4. The summed E-state index contributed by atoms with van der Waals surface area (Å²) in [6.45, 7) is 13.6. The lowest BCUT2D eigenvalue weighted by Crippen LogP contribution is -2.16. The molecule has 0 aromatic carbocycles. The van der Waals surface area contributed by atoms with E-state index in [2.05, 4.69) is 68.0 Å². The highest BCUT2D eigenvalue weighted by molar-refractivity contribution is 6.83. The van der Waals surface area contributed by atoms with Gasteiger partial charge in [-0.1, -0.05) is 39.4 Å². The van der Waals surface area contributed by atoms with Crippen molar-refractivity contribution in [2.45, 2.75) is 59.5 Å². The highest BCUT2D eigenvalue weighted by atomic mass is 28.3. The molecule has 0 atom stereocenters. The first-order valence-electron chi connectivity index (χ1n) is 9.73. The molecular weight excluding hydrogens is 364 g/mol. The second-order valence-electron chi connectivity index (χ2n) is 8.32. The van der Waals surface area contributed by atoms with Crippen LogP contribution in [0.1, 0.15) is 43.5 Å². The van der Waals surface area contributed by atoms with Gasteiger partial charge in [0.15, 0.2) is 5.65 Å². The maximum atomic E-state index is 10.2. The Morgan fingerprint density at radius 3 is 2.54 bits per heavy atom. The molecule has 0 amide bonds. The second kappa shape index (κ2) is 7.86. The summed E-state index contributed by atoms with van der Waals surface area (Å²) < 4.78 is 1.90. The maximum Gasteiger partial charge on any atom is 0.158 e. The lowest BCUT2D eigenvalue weighted by molar-refractivity contribution is 0.280. The Balaban J connectivity index is 2.30. The van der Waals surface area contributed by atoms with Crippen molar-refractivity contribution in [1.82, 2.24) is 19.7 Å². The van der Waals surface area contributed by atoms with E-state index in [0.717, 1.165) is 45.5 Å². The van der Waals surface area contributed by atoms with Crippen LogP contribution in [0.4, 0.5) is 0 Å². The summed E-state index contributed by atoms with van der Waals surface area (Å²) in [7, 11) is -1.48. The fourth-order valence-electron chi connectivity index (χ4n) is 3.25. The number of aryl methyl sites for hydroxylation is 1. The van der Waals surface area contributed by atoms with Crippen LogP contribution in [0.5, 0.6) is 0 Å². The Bertz CT molecular complexity index is 1070. The molecule has 6 heteroatoms. The molecule has 0 spiro atoms. The fourth-order valence-corrected chi connectivity index (χ4v) is 3.77. The maximum absolute atomic E-state index is 10.2. The minimum atomic E-state index is -1.48. The predicted molar refractivity (Wildman–Crippen MR) is 117 cm³/mol. The van der Waals surface area contributed by atoms with Crippen molar-refractivity contribution < 1.29 is 5.11 Å². The van der Waals surface area contributed by atoms with E-state index >= 15 is 0 Å². The predicted octanol–water partition coefficient (Wildman–Crippen LogP) is 4.36. The molecule has 0 saturated heterocycles. The van der Waals surface area contributed by atoms with Crippen LogP contribution in [0.15, 0.2) is 24.7 Å². The second-order valence-corrected chi connectivity index (χ2v) is 13.1. The summed E-state index contributed by atoms with van der Waals surface area (Å²) >= 11 is 0. The minimum absolute atomic E-state index is 0.0755. The molecule has 3 rings (SSSR count). The van der Waals surface area contributed by atoms with Gasteiger partial charge in [0.05, 0.1) is 18.5 Å². The molecule has 1 N–H and O–H groups in total. The van der Waals surface area contributed by atoms with Gasteiger partial charge in [0.25, 0.3) is 0 Å². The molecule has 0 radical (unpaired) electrons. The Hall–Kier alpha value is -2.49. The first-order chi connectivity index (χ1) is 13.2.